The van der Waals surface area contributed by atoms with Gasteiger partial charge in [-0.15, -0.1) is 0 Å². The van der Waals surface area contributed by atoms with Gasteiger partial charge in [0.25, 0.3) is 0 Å². The van der Waals surface area contributed by atoms with Crippen LogP contribution in [0.25, 0.3) is 0 Å². The molecule has 20 heavy (non-hydrogen) atoms. The van der Waals surface area contributed by atoms with Crippen LogP contribution >= 0.6 is 15.9 Å². The topological polar surface area (TPSA) is 35.2 Å². The van der Waals surface area contributed by atoms with Crippen molar-refractivity contribution in [2.75, 3.05) is 7.11 Å². The van der Waals surface area contributed by atoms with Crippen LogP contribution in [0.1, 0.15) is 22.7 Å². The molecule has 0 aliphatic heterocycles. The molecule has 0 aliphatic rings. The zero-order valence-corrected chi connectivity index (χ0v) is 13.1. The van der Waals surface area contributed by atoms with Gasteiger partial charge in [0.05, 0.1) is 7.11 Å². The van der Waals surface area contributed by atoms with Crippen molar-refractivity contribution < 1.29 is 9.13 Å². The van der Waals surface area contributed by atoms with Crippen LogP contribution in [0.4, 0.5) is 4.39 Å². The number of hydrogen-bond acceptors (Lipinski definition) is 2. The summed E-state index contributed by atoms with van der Waals surface area (Å²) in [5, 5.41) is 0. The molecule has 0 aromatic heterocycles. The predicted molar refractivity (Wildman–Crippen MR) is 82.5 cm³/mol. The van der Waals surface area contributed by atoms with Crippen LogP contribution in [0.15, 0.2) is 40.9 Å². The third-order valence-corrected chi connectivity index (χ3v) is 3.67. The molecular formula is C16H17BrFNO. The van der Waals surface area contributed by atoms with E-state index >= 15 is 0 Å². The van der Waals surface area contributed by atoms with Crippen molar-refractivity contribution in [3.8, 4) is 5.75 Å². The van der Waals surface area contributed by atoms with Gasteiger partial charge >= 0.3 is 0 Å². The minimum Gasteiger partial charge on any atom is -0.496 e. The summed E-state index contributed by atoms with van der Waals surface area (Å²) in [6.45, 7) is 1.86. The second kappa shape index (κ2) is 6.37. The molecule has 0 radical (unpaired) electrons. The Morgan fingerprint density at radius 3 is 2.65 bits per heavy atom. The summed E-state index contributed by atoms with van der Waals surface area (Å²) >= 11 is 3.44. The van der Waals surface area contributed by atoms with Gasteiger partial charge in [0.15, 0.2) is 0 Å². The molecule has 2 nitrogen and oxygen atoms in total. The van der Waals surface area contributed by atoms with Crippen molar-refractivity contribution in [2.45, 2.75) is 19.4 Å². The van der Waals surface area contributed by atoms with Crippen molar-refractivity contribution in [1.82, 2.24) is 0 Å². The highest BCUT2D eigenvalue weighted by atomic mass is 79.9. The van der Waals surface area contributed by atoms with Crippen LogP contribution in [-0.4, -0.2) is 7.11 Å². The first-order chi connectivity index (χ1) is 9.49. The number of benzene rings is 2. The summed E-state index contributed by atoms with van der Waals surface area (Å²) in [5.41, 5.74) is 8.87. The largest absolute Gasteiger partial charge is 0.496 e. The summed E-state index contributed by atoms with van der Waals surface area (Å²) in [7, 11) is 1.63. The van der Waals surface area contributed by atoms with E-state index in [-0.39, 0.29) is 11.9 Å². The molecule has 0 aliphatic carbocycles. The second-order valence-corrected chi connectivity index (χ2v) is 5.74. The Labute approximate surface area is 126 Å². The molecule has 2 N–H and O–H groups in total. The van der Waals surface area contributed by atoms with Crippen LogP contribution < -0.4 is 10.5 Å². The highest BCUT2D eigenvalue weighted by molar-refractivity contribution is 9.10. The minimum absolute atomic E-state index is 0.253. The fourth-order valence-corrected chi connectivity index (χ4v) is 2.65. The van der Waals surface area contributed by atoms with Crippen molar-refractivity contribution in [2.24, 2.45) is 5.73 Å². The summed E-state index contributed by atoms with van der Waals surface area (Å²) in [6, 6.07) is 10.4. The van der Waals surface area contributed by atoms with E-state index in [1.165, 1.54) is 12.1 Å². The second-order valence-electron chi connectivity index (χ2n) is 4.83. The molecule has 2 aromatic rings. The minimum atomic E-state index is -0.271. The van der Waals surface area contributed by atoms with E-state index in [9.17, 15) is 4.39 Å². The Balaban J connectivity index is 2.27. The molecule has 4 heteroatoms. The lowest BCUT2D eigenvalue weighted by Crippen LogP contribution is -2.14. The van der Waals surface area contributed by atoms with Gasteiger partial charge in [0, 0.05) is 10.5 Å². The normalized spacial score (nSPS) is 12.2. The van der Waals surface area contributed by atoms with E-state index in [0.717, 1.165) is 26.9 Å². The number of methoxy groups -OCH3 is 1. The lowest BCUT2D eigenvalue weighted by Gasteiger charge is -2.15. The number of halogens is 2. The highest BCUT2D eigenvalue weighted by Gasteiger charge is 2.12. The monoisotopic (exact) mass is 337 g/mol. The van der Waals surface area contributed by atoms with Crippen LogP contribution in [0.5, 0.6) is 5.75 Å². The van der Waals surface area contributed by atoms with E-state index in [1.54, 1.807) is 7.11 Å². The SMILES string of the molecule is COc1ccc(Br)cc1CC(N)c1cc(C)cc(F)c1. The molecule has 0 saturated heterocycles. The van der Waals surface area contributed by atoms with Crippen LogP contribution in [0.2, 0.25) is 0 Å². The summed E-state index contributed by atoms with van der Waals surface area (Å²) in [4.78, 5) is 0. The molecule has 0 spiro atoms. The molecule has 0 bridgehead atoms. The molecule has 2 aromatic carbocycles. The van der Waals surface area contributed by atoms with Gasteiger partial charge in [0.2, 0.25) is 0 Å². The summed E-state index contributed by atoms with van der Waals surface area (Å²) < 4.78 is 19.8. The van der Waals surface area contributed by atoms with Gasteiger partial charge in [-0.25, -0.2) is 4.39 Å². The van der Waals surface area contributed by atoms with Crippen molar-refractivity contribution in [1.29, 1.82) is 0 Å². The quantitative estimate of drug-likeness (QED) is 0.909. The molecule has 106 valence electrons. The van der Waals surface area contributed by atoms with Crippen molar-refractivity contribution in [3.63, 3.8) is 0 Å². The molecule has 0 saturated carbocycles. The van der Waals surface area contributed by atoms with E-state index in [2.05, 4.69) is 15.9 Å². The predicted octanol–water partition coefficient (Wildman–Crippen LogP) is 4.15. The van der Waals surface area contributed by atoms with E-state index in [1.807, 2.05) is 31.2 Å². The van der Waals surface area contributed by atoms with Crippen LogP contribution in [0, 0.1) is 12.7 Å². The Kier molecular flexibility index (Phi) is 4.78. The molecule has 1 atom stereocenters. The molecular weight excluding hydrogens is 321 g/mol. The Bertz CT molecular complexity index is 595. The first-order valence-corrected chi connectivity index (χ1v) is 7.14. The average molecular weight is 338 g/mol. The first kappa shape index (κ1) is 15.0. The molecule has 2 rings (SSSR count). The number of hydrogen-bond donors (Lipinski definition) is 1. The Morgan fingerprint density at radius 2 is 2.00 bits per heavy atom. The number of aryl methyl sites for hydroxylation is 1. The standard InChI is InChI=1S/C16H17BrFNO/c1-10-5-11(8-14(18)6-10)15(19)9-12-7-13(17)3-4-16(12)20-2/h3-8,15H,9,19H2,1-2H3. The fourth-order valence-electron chi connectivity index (χ4n) is 2.24. The van der Waals surface area contributed by atoms with E-state index in [0.29, 0.717) is 6.42 Å². The third-order valence-electron chi connectivity index (χ3n) is 3.17. The van der Waals surface area contributed by atoms with Gasteiger partial charge in [-0.2, -0.15) is 0 Å². The highest BCUT2D eigenvalue weighted by Crippen LogP contribution is 2.27. The van der Waals surface area contributed by atoms with Gasteiger partial charge < -0.3 is 10.5 Å². The van der Waals surface area contributed by atoms with Crippen LogP contribution in [0.3, 0.4) is 0 Å². The zero-order chi connectivity index (χ0) is 14.7. The van der Waals surface area contributed by atoms with Crippen molar-refractivity contribution in [3.05, 3.63) is 63.4 Å². The molecule has 0 heterocycles. The first-order valence-electron chi connectivity index (χ1n) is 6.34. The molecule has 0 amide bonds. The lowest BCUT2D eigenvalue weighted by molar-refractivity contribution is 0.408. The summed E-state index contributed by atoms with van der Waals surface area (Å²) in [6.07, 6.45) is 0.589. The van der Waals surface area contributed by atoms with E-state index in [4.69, 9.17) is 10.5 Å². The Hall–Kier alpha value is -1.39. The molecule has 0 fully saturated rings. The van der Waals surface area contributed by atoms with Crippen LogP contribution in [-0.2, 0) is 6.42 Å². The maximum absolute atomic E-state index is 13.4. The number of rotatable bonds is 4. The maximum Gasteiger partial charge on any atom is 0.123 e. The molecule has 1 unspecified atom stereocenters. The third kappa shape index (κ3) is 3.58. The summed E-state index contributed by atoms with van der Waals surface area (Å²) in [5.74, 6) is 0.536. The van der Waals surface area contributed by atoms with Gasteiger partial charge in [-0.3, -0.25) is 0 Å². The van der Waals surface area contributed by atoms with Gasteiger partial charge in [-0.05, 0) is 60.4 Å². The fraction of sp³-hybridized carbons (Fsp3) is 0.250. The van der Waals surface area contributed by atoms with Crippen molar-refractivity contribution >= 4 is 15.9 Å². The zero-order valence-electron chi connectivity index (χ0n) is 11.5. The van der Waals surface area contributed by atoms with E-state index < -0.39 is 0 Å². The lowest BCUT2D eigenvalue weighted by atomic mass is 9.97. The number of nitrogens with two attached hydrogens (primary N) is 1. The maximum atomic E-state index is 13.4. The van der Waals surface area contributed by atoms with Gasteiger partial charge in [0.1, 0.15) is 11.6 Å². The number of ether oxygens (including phenoxy) is 1. The van der Waals surface area contributed by atoms with Gasteiger partial charge in [-0.1, -0.05) is 22.0 Å². The average Bonchev–Trinajstić information content (AvgIpc) is 2.37. The Morgan fingerprint density at radius 1 is 1.25 bits per heavy atom. The smallest absolute Gasteiger partial charge is 0.123 e.